The van der Waals surface area contributed by atoms with Gasteiger partial charge in [0.05, 0.1) is 5.52 Å². The number of aromatic nitrogens is 1. The van der Waals surface area contributed by atoms with E-state index in [0.29, 0.717) is 0 Å². The van der Waals surface area contributed by atoms with E-state index in [9.17, 15) is 0 Å². The molecule has 2 aromatic rings. The van der Waals surface area contributed by atoms with Gasteiger partial charge in [0.2, 0.25) is 0 Å². The van der Waals surface area contributed by atoms with Crippen molar-refractivity contribution in [1.82, 2.24) is 9.88 Å². The summed E-state index contributed by atoms with van der Waals surface area (Å²) in [6.45, 7) is 10.3. The second kappa shape index (κ2) is 6.15. The van der Waals surface area contributed by atoms with Gasteiger partial charge in [-0.3, -0.25) is 0 Å². The molecule has 2 heteroatoms. The molecule has 0 unspecified atom stereocenters. The Bertz CT molecular complexity index is 633. The first-order chi connectivity index (χ1) is 9.51. The Morgan fingerprint density at radius 1 is 1.20 bits per heavy atom. The summed E-state index contributed by atoms with van der Waals surface area (Å²) in [6, 6.07) is 8.72. The molecule has 0 saturated carbocycles. The van der Waals surface area contributed by atoms with Crippen LogP contribution in [0, 0.1) is 11.8 Å². The average molecular weight is 268 g/mol. The van der Waals surface area contributed by atoms with Gasteiger partial charge in [-0.15, -0.1) is 11.8 Å². The number of hydrogen-bond donors (Lipinski definition) is 1. The Balaban J connectivity index is 2.28. The summed E-state index contributed by atoms with van der Waals surface area (Å²) >= 11 is 0. The molecule has 0 atom stereocenters. The third kappa shape index (κ3) is 3.65. The summed E-state index contributed by atoms with van der Waals surface area (Å²) in [5.74, 6) is 6.10. The van der Waals surface area contributed by atoms with Gasteiger partial charge >= 0.3 is 0 Å². The number of benzene rings is 1. The number of para-hydroxylation sites is 1. The maximum atomic E-state index is 3.57. The van der Waals surface area contributed by atoms with E-state index in [1.807, 2.05) is 6.92 Å². The van der Waals surface area contributed by atoms with Crippen LogP contribution in [0.2, 0.25) is 0 Å². The maximum absolute atomic E-state index is 3.57. The standard InChI is InChI=1S/C18H24N2/c1-5-6-7-12-20-13-11-15-9-8-10-16(17(15)20)14-19-18(2,3)4/h8-11,13,19H,7,12,14H2,1-4H3. The number of hydrogen-bond acceptors (Lipinski definition) is 1. The van der Waals surface area contributed by atoms with Gasteiger partial charge in [0.15, 0.2) is 0 Å². The minimum absolute atomic E-state index is 0.132. The van der Waals surface area contributed by atoms with Gasteiger partial charge in [0, 0.05) is 31.2 Å². The predicted molar refractivity (Wildman–Crippen MR) is 86.6 cm³/mol. The molecule has 1 aromatic carbocycles. The van der Waals surface area contributed by atoms with E-state index >= 15 is 0 Å². The molecule has 20 heavy (non-hydrogen) atoms. The number of aryl methyl sites for hydroxylation is 1. The van der Waals surface area contributed by atoms with Crippen LogP contribution in [0.15, 0.2) is 30.5 Å². The summed E-state index contributed by atoms with van der Waals surface area (Å²) in [7, 11) is 0. The summed E-state index contributed by atoms with van der Waals surface area (Å²) in [5.41, 5.74) is 2.82. The minimum atomic E-state index is 0.132. The Kier molecular flexibility index (Phi) is 4.52. The highest BCUT2D eigenvalue weighted by Crippen LogP contribution is 2.21. The molecular formula is C18H24N2. The molecule has 1 heterocycles. The van der Waals surface area contributed by atoms with E-state index < -0.39 is 0 Å². The normalized spacial score (nSPS) is 11.4. The van der Waals surface area contributed by atoms with Crippen LogP contribution in [0.5, 0.6) is 0 Å². The first kappa shape index (κ1) is 14.7. The predicted octanol–water partition coefficient (Wildman–Crippen LogP) is 3.94. The first-order valence-corrected chi connectivity index (χ1v) is 7.22. The molecule has 0 aliphatic carbocycles. The molecular weight excluding hydrogens is 244 g/mol. The zero-order valence-electron chi connectivity index (χ0n) is 13.0. The highest BCUT2D eigenvalue weighted by Gasteiger charge is 2.11. The zero-order chi connectivity index (χ0) is 14.6. The van der Waals surface area contributed by atoms with Crippen LogP contribution in [0.1, 0.15) is 39.7 Å². The maximum Gasteiger partial charge on any atom is 0.0526 e. The van der Waals surface area contributed by atoms with Crippen LogP contribution in [-0.4, -0.2) is 10.1 Å². The van der Waals surface area contributed by atoms with Crippen molar-refractivity contribution in [3.05, 3.63) is 36.0 Å². The number of rotatable bonds is 4. The lowest BCUT2D eigenvalue weighted by molar-refractivity contribution is 0.424. The van der Waals surface area contributed by atoms with Crippen LogP contribution < -0.4 is 5.32 Å². The lowest BCUT2D eigenvalue weighted by atomic mass is 10.1. The molecule has 106 valence electrons. The lowest BCUT2D eigenvalue weighted by Crippen LogP contribution is -2.35. The monoisotopic (exact) mass is 268 g/mol. The molecule has 0 spiro atoms. The topological polar surface area (TPSA) is 17.0 Å². The summed E-state index contributed by atoms with van der Waals surface area (Å²) in [6.07, 6.45) is 3.07. The third-order valence-corrected chi connectivity index (χ3v) is 3.34. The van der Waals surface area contributed by atoms with Gasteiger partial charge < -0.3 is 9.88 Å². The fourth-order valence-corrected chi connectivity index (χ4v) is 2.33. The summed E-state index contributed by atoms with van der Waals surface area (Å²) < 4.78 is 2.32. The van der Waals surface area contributed by atoms with Crippen molar-refractivity contribution in [1.29, 1.82) is 0 Å². The van der Waals surface area contributed by atoms with Gasteiger partial charge in [-0.05, 0) is 44.7 Å². The molecule has 1 N–H and O–H groups in total. The SMILES string of the molecule is CC#CCCn1ccc2cccc(CNC(C)(C)C)c21. The molecule has 2 nitrogen and oxygen atoms in total. The van der Waals surface area contributed by atoms with Crippen LogP contribution >= 0.6 is 0 Å². The Morgan fingerprint density at radius 2 is 2.00 bits per heavy atom. The summed E-state index contributed by atoms with van der Waals surface area (Å²) in [5, 5.41) is 4.88. The van der Waals surface area contributed by atoms with Crippen LogP contribution in [0.3, 0.4) is 0 Å². The van der Waals surface area contributed by atoms with Gasteiger partial charge in [-0.25, -0.2) is 0 Å². The Labute approximate surface area is 122 Å². The molecule has 2 rings (SSSR count). The number of nitrogens with zero attached hydrogens (tertiary/aromatic N) is 1. The molecule has 0 saturated heterocycles. The molecule has 0 aliphatic heterocycles. The van der Waals surface area contributed by atoms with Crippen molar-refractivity contribution in [2.45, 2.75) is 52.7 Å². The fourth-order valence-electron chi connectivity index (χ4n) is 2.33. The molecule has 0 radical (unpaired) electrons. The second-order valence-electron chi connectivity index (χ2n) is 6.14. The van der Waals surface area contributed by atoms with Crippen molar-refractivity contribution in [2.75, 3.05) is 0 Å². The quantitative estimate of drug-likeness (QED) is 0.831. The minimum Gasteiger partial charge on any atom is -0.346 e. The second-order valence-corrected chi connectivity index (χ2v) is 6.14. The van der Waals surface area contributed by atoms with E-state index in [4.69, 9.17) is 0 Å². The van der Waals surface area contributed by atoms with Gasteiger partial charge in [0.1, 0.15) is 0 Å². The van der Waals surface area contributed by atoms with Crippen molar-refractivity contribution in [3.8, 4) is 11.8 Å². The van der Waals surface area contributed by atoms with E-state index in [2.05, 4.69) is 73.0 Å². The van der Waals surface area contributed by atoms with Crippen molar-refractivity contribution < 1.29 is 0 Å². The molecule has 0 amide bonds. The smallest absolute Gasteiger partial charge is 0.0526 e. The Morgan fingerprint density at radius 3 is 2.70 bits per heavy atom. The van der Waals surface area contributed by atoms with Gasteiger partial charge in [-0.2, -0.15) is 0 Å². The van der Waals surface area contributed by atoms with Crippen molar-refractivity contribution in [2.24, 2.45) is 0 Å². The van der Waals surface area contributed by atoms with E-state index in [-0.39, 0.29) is 5.54 Å². The summed E-state index contributed by atoms with van der Waals surface area (Å²) in [4.78, 5) is 0. The van der Waals surface area contributed by atoms with E-state index in [0.717, 1.165) is 19.5 Å². The molecule has 1 aromatic heterocycles. The van der Waals surface area contributed by atoms with Crippen LogP contribution in [-0.2, 0) is 13.1 Å². The van der Waals surface area contributed by atoms with Crippen molar-refractivity contribution in [3.63, 3.8) is 0 Å². The van der Waals surface area contributed by atoms with E-state index in [1.165, 1.54) is 16.5 Å². The van der Waals surface area contributed by atoms with Crippen molar-refractivity contribution >= 4 is 10.9 Å². The largest absolute Gasteiger partial charge is 0.346 e. The third-order valence-electron chi connectivity index (χ3n) is 3.34. The first-order valence-electron chi connectivity index (χ1n) is 7.22. The molecule has 0 aliphatic rings. The average Bonchev–Trinajstić information content (AvgIpc) is 2.80. The zero-order valence-corrected chi connectivity index (χ0v) is 13.0. The highest BCUT2D eigenvalue weighted by molar-refractivity contribution is 5.83. The molecule has 0 bridgehead atoms. The fraction of sp³-hybridized carbons (Fsp3) is 0.444. The van der Waals surface area contributed by atoms with Crippen LogP contribution in [0.25, 0.3) is 10.9 Å². The van der Waals surface area contributed by atoms with Crippen LogP contribution in [0.4, 0.5) is 0 Å². The highest BCUT2D eigenvalue weighted by atomic mass is 15.0. The van der Waals surface area contributed by atoms with E-state index in [1.54, 1.807) is 0 Å². The van der Waals surface area contributed by atoms with Gasteiger partial charge in [-0.1, -0.05) is 18.2 Å². The number of nitrogens with one attached hydrogen (secondary N) is 1. The lowest BCUT2D eigenvalue weighted by Gasteiger charge is -2.21. The Hall–Kier alpha value is -1.72. The van der Waals surface area contributed by atoms with Gasteiger partial charge in [0.25, 0.3) is 0 Å². The number of fused-ring (bicyclic) bond motifs is 1. The molecule has 0 fully saturated rings.